The number of fused-ring (bicyclic) bond motifs is 2. The second-order valence-electron chi connectivity index (χ2n) is 10.2. The Balaban J connectivity index is 1.29. The van der Waals surface area contributed by atoms with Crippen LogP contribution in [0.2, 0.25) is 0 Å². The predicted molar refractivity (Wildman–Crippen MR) is 163 cm³/mol. The van der Waals surface area contributed by atoms with Crippen molar-refractivity contribution in [3.8, 4) is 29.1 Å². The highest BCUT2D eigenvalue weighted by Crippen LogP contribution is 2.45. The molecule has 0 aliphatic carbocycles. The average molecular weight is 569 g/mol. The molecule has 1 aliphatic rings. The summed E-state index contributed by atoms with van der Waals surface area (Å²) < 4.78 is 23.3. The second kappa shape index (κ2) is 11.6. The minimum absolute atomic E-state index is 0.0174. The summed E-state index contributed by atoms with van der Waals surface area (Å²) in [6, 6.07) is 34.1. The van der Waals surface area contributed by atoms with E-state index < -0.39 is 11.9 Å². The lowest BCUT2D eigenvalue weighted by molar-refractivity contribution is 0.0736. The fourth-order valence-electron chi connectivity index (χ4n) is 5.24. The van der Waals surface area contributed by atoms with Gasteiger partial charge in [-0.05, 0) is 53.1 Å². The summed E-state index contributed by atoms with van der Waals surface area (Å²) in [5.41, 5.74) is 10.6. The number of nitrogens with two attached hydrogens (primary N) is 1. The molecule has 0 bridgehead atoms. The molecule has 0 aromatic heterocycles. The number of methoxy groups -OCH3 is 1. The number of ether oxygens (including phenoxy) is 4. The van der Waals surface area contributed by atoms with Crippen LogP contribution >= 0.6 is 0 Å². The predicted octanol–water partition coefficient (Wildman–Crippen LogP) is 7.17. The number of allylic oxidation sites excluding steroid dienone is 1. The number of benzene rings is 5. The third-order valence-corrected chi connectivity index (χ3v) is 7.45. The van der Waals surface area contributed by atoms with Gasteiger partial charge in [0.05, 0.1) is 18.6 Å². The zero-order chi connectivity index (χ0) is 29.9. The van der Waals surface area contributed by atoms with Crippen molar-refractivity contribution in [2.75, 3.05) is 7.11 Å². The summed E-state index contributed by atoms with van der Waals surface area (Å²) in [5.74, 6) is 0.744. The molecule has 43 heavy (non-hydrogen) atoms. The van der Waals surface area contributed by atoms with Gasteiger partial charge in [0.2, 0.25) is 5.88 Å². The second-order valence-corrected chi connectivity index (χ2v) is 10.2. The minimum Gasteiger partial charge on any atom is -0.493 e. The molecule has 0 saturated carbocycles. The number of hydrogen-bond donors (Lipinski definition) is 1. The molecule has 6 rings (SSSR count). The highest BCUT2D eigenvalue weighted by atomic mass is 16.5. The first-order chi connectivity index (χ1) is 20.9. The van der Waals surface area contributed by atoms with E-state index in [1.54, 1.807) is 31.4 Å². The smallest absolute Gasteiger partial charge is 0.344 e. The molecule has 0 radical (unpaired) electrons. The summed E-state index contributed by atoms with van der Waals surface area (Å²) in [7, 11) is 1.57. The van der Waals surface area contributed by atoms with Crippen LogP contribution < -0.4 is 24.7 Å². The number of hydrogen-bond acceptors (Lipinski definition) is 7. The van der Waals surface area contributed by atoms with E-state index in [4.69, 9.17) is 24.7 Å². The van der Waals surface area contributed by atoms with E-state index in [-0.39, 0.29) is 11.5 Å². The van der Waals surface area contributed by atoms with E-state index in [1.165, 1.54) is 5.56 Å². The van der Waals surface area contributed by atoms with Gasteiger partial charge in [0.1, 0.15) is 29.7 Å². The zero-order valence-corrected chi connectivity index (χ0v) is 23.7. The fourth-order valence-corrected chi connectivity index (χ4v) is 5.24. The van der Waals surface area contributed by atoms with Crippen LogP contribution in [0.25, 0.3) is 10.8 Å². The highest BCUT2D eigenvalue weighted by molar-refractivity contribution is 6.05. The Bertz CT molecular complexity index is 1920. The SMILES string of the molecule is COc1cc(C2C(C#N)=C(N)Oc3cc(OC(=O)c4cccc5ccccc45)ccc32)ccc1OCc1ccc(C)cc1. The third-order valence-electron chi connectivity index (χ3n) is 7.45. The van der Waals surface area contributed by atoms with Gasteiger partial charge in [0, 0.05) is 11.6 Å². The number of carbonyl (C=O) groups excluding carboxylic acids is 1. The number of rotatable bonds is 7. The van der Waals surface area contributed by atoms with Gasteiger partial charge in [0.25, 0.3) is 0 Å². The maximum Gasteiger partial charge on any atom is 0.344 e. The van der Waals surface area contributed by atoms with Gasteiger partial charge in [-0.15, -0.1) is 0 Å². The number of aryl methyl sites for hydroxylation is 1. The fraction of sp³-hybridized carbons (Fsp3) is 0.111. The molecule has 212 valence electrons. The Kier molecular flexibility index (Phi) is 7.42. The van der Waals surface area contributed by atoms with Gasteiger partial charge in [-0.3, -0.25) is 0 Å². The highest BCUT2D eigenvalue weighted by Gasteiger charge is 2.32. The molecule has 1 atom stereocenters. The first kappa shape index (κ1) is 27.4. The Hall–Kier alpha value is -5.74. The largest absolute Gasteiger partial charge is 0.493 e. The summed E-state index contributed by atoms with van der Waals surface area (Å²) >= 11 is 0. The summed E-state index contributed by atoms with van der Waals surface area (Å²) in [6.45, 7) is 2.42. The Morgan fingerprint density at radius 3 is 2.51 bits per heavy atom. The van der Waals surface area contributed by atoms with Crippen LogP contribution in [0, 0.1) is 18.3 Å². The van der Waals surface area contributed by atoms with E-state index in [0.717, 1.165) is 21.9 Å². The molecule has 7 nitrogen and oxygen atoms in total. The van der Waals surface area contributed by atoms with E-state index in [2.05, 4.69) is 6.07 Å². The van der Waals surface area contributed by atoms with Crippen LogP contribution in [-0.2, 0) is 6.61 Å². The maximum absolute atomic E-state index is 13.1. The first-order valence-electron chi connectivity index (χ1n) is 13.7. The lowest BCUT2D eigenvalue weighted by atomic mass is 9.83. The molecular weight excluding hydrogens is 540 g/mol. The van der Waals surface area contributed by atoms with E-state index in [1.807, 2.05) is 85.8 Å². The van der Waals surface area contributed by atoms with Gasteiger partial charge in [-0.1, -0.05) is 78.4 Å². The topological polar surface area (TPSA) is 104 Å². The number of nitriles is 1. The molecule has 0 spiro atoms. The van der Waals surface area contributed by atoms with Crippen LogP contribution in [0.1, 0.15) is 38.5 Å². The average Bonchev–Trinajstić information content (AvgIpc) is 3.03. The normalized spacial score (nSPS) is 13.9. The lowest BCUT2D eigenvalue weighted by Crippen LogP contribution is -2.21. The van der Waals surface area contributed by atoms with Crippen LogP contribution in [-0.4, -0.2) is 13.1 Å². The van der Waals surface area contributed by atoms with E-state index in [0.29, 0.717) is 40.7 Å². The molecule has 1 aliphatic heterocycles. The monoisotopic (exact) mass is 568 g/mol. The summed E-state index contributed by atoms with van der Waals surface area (Å²) in [4.78, 5) is 13.1. The van der Waals surface area contributed by atoms with Crippen molar-refractivity contribution in [1.29, 1.82) is 5.26 Å². The maximum atomic E-state index is 13.1. The van der Waals surface area contributed by atoms with Crippen molar-refractivity contribution in [3.05, 3.63) is 142 Å². The molecule has 0 saturated heterocycles. The van der Waals surface area contributed by atoms with Crippen LogP contribution in [0.3, 0.4) is 0 Å². The Morgan fingerprint density at radius 2 is 1.72 bits per heavy atom. The number of carbonyl (C=O) groups is 1. The van der Waals surface area contributed by atoms with Gasteiger partial charge < -0.3 is 24.7 Å². The van der Waals surface area contributed by atoms with Crippen molar-refractivity contribution >= 4 is 16.7 Å². The van der Waals surface area contributed by atoms with Crippen molar-refractivity contribution in [2.45, 2.75) is 19.4 Å². The van der Waals surface area contributed by atoms with Crippen molar-refractivity contribution in [2.24, 2.45) is 5.73 Å². The molecule has 2 N–H and O–H groups in total. The standard InChI is InChI=1S/C36H28N2O5/c1-22-10-12-23(13-11-22)21-41-31-17-14-25(18-33(31)40-2)34-29-16-15-26(19-32(29)43-35(38)30(34)20-37)42-36(39)28-9-5-7-24-6-3-4-8-27(24)28/h3-19,34H,21,38H2,1-2H3. The molecule has 5 aromatic carbocycles. The first-order valence-corrected chi connectivity index (χ1v) is 13.7. The van der Waals surface area contributed by atoms with Gasteiger partial charge in [-0.2, -0.15) is 5.26 Å². The van der Waals surface area contributed by atoms with E-state index in [9.17, 15) is 10.1 Å². The van der Waals surface area contributed by atoms with Crippen molar-refractivity contribution in [1.82, 2.24) is 0 Å². The molecule has 0 amide bonds. The summed E-state index contributed by atoms with van der Waals surface area (Å²) in [5, 5.41) is 11.8. The Labute approximate surface area is 249 Å². The molecular formula is C36H28N2O5. The third kappa shape index (κ3) is 5.46. The molecule has 7 heteroatoms. The van der Waals surface area contributed by atoms with Crippen LogP contribution in [0.15, 0.2) is 115 Å². The number of esters is 1. The molecule has 5 aromatic rings. The summed E-state index contributed by atoms with van der Waals surface area (Å²) in [6.07, 6.45) is 0. The van der Waals surface area contributed by atoms with Crippen LogP contribution in [0.4, 0.5) is 0 Å². The molecule has 1 heterocycles. The molecule has 0 fully saturated rings. The zero-order valence-electron chi connectivity index (χ0n) is 23.7. The quantitative estimate of drug-likeness (QED) is 0.164. The number of nitrogens with zero attached hydrogens (tertiary/aromatic N) is 1. The van der Waals surface area contributed by atoms with Crippen molar-refractivity contribution in [3.63, 3.8) is 0 Å². The Morgan fingerprint density at radius 1 is 0.930 bits per heavy atom. The van der Waals surface area contributed by atoms with Gasteiger partial charge in [-0.25, -0.2) is 4.79 Å². The minimum atomic E-state index is -0.531. The molecule has 1 unspecified atom stereocenters. The lowest BCUT2D eigenvalue weighted by Gasteiger charge is -2.27. The van der Waals surface area contributed by atoms with Gasteiger partial charge in [0.15, 0.2) is 11.5 Å². The van der Waals surface area contributed by atoms with Crippen LogP contribution in [0.5, 0.6) is 23.0 Å². The van der Waals surface area contributed by atoms with E-state index >= 15 is 0 Å². The van der Waals surface area contributed by atoms with Gasteiger partial charge >= 0.3 is 5.97 Å². The van der Waals surface area contributed by atoms with Crippen molar-refractivity contribution < 1.29 is 23.7 Å².